The number of azo groups is 2. The van der Waals surface area contributed by atoms with E-state index in [9.17, 15) is 4.79 Å². The molecule has 0 aliphatic heterocycles. The van der Waals surface area contributed by atoms with E-state index in [4.69, 9.17) is 4.74 Å². The fraction of sp³-hybridized carbons (Fsp3) is 0.189. The Balaban J connectivity index is 1.15. The van der Waals surface area contributed by atoms with Crippen molar-refractivity contribution in [2.45, 2.75) is 39.7 Å². The zero-order valence-electron chi connectivity index (χ0n) is 27.0. The van der Waals surface area contributed by atoms with Gasteiger partial charge in [0.15, 0.2) is 5.69 Å². The van der Waals surface area contributed by atoms with Crippen molar-refractivity contribution in [1.82, 2.24) is 4.98 Å². The number of hydrazine groups is 1. The largest absolute Gasteiger partial charge is 0.461 e. The van der Waals surface area contributed by atoms with Gasteiger partial charge in [-0.1, -0.05) is 62.4 Å². The van der Waals surface area contributed by atoms with Gasteiger partial charge >= 0.3 is 5.97 Å². The molecule has 0 aliphatic carbocycles. The highest BCUT2D eigenvalue weighted by molar-refractivity contribution is 7.13. The molecule has 242 valence electrons. The highest BCUT2D eigenvalue weighted by Gasteiger charge is 2.12. The van der Waals surface area contributed by atoms with Crippen LogP contribution in [0.3, 0.4) is 0 Å². The standard InChI is InChI=1S/C37H36N8O2S/c1-4-22-47-36(46)35-23-48-37(39-35)45-41-26-16-14-25(15-17-26)40-42-32-20-21-34(30-13-9-8-12-29(30)32)44-43-33-19-18-31(38-24(3)5-2)27-10-6-7-11-28(27)33/h6-21,23-24,38,41H,4-5,22H2,1-3H3,(H,39,45). The molecule has 10 nitrogen and oxygen atoms in total. The van der Waals surface area contributed by atoms with Crippen LogP contribution in [0.15, 0.2) is 123 Å². The van der Waals surface area contributed by atoms with Crippen LogP contribution >= 0.6 is 11.3 Å². The van der Waals surface area contributed by atoms with Gasteiger partial charge in [-0.3, -0.25) is 10.9 Å². The van der Waals surface area contributed by atoms with Gasteiger partial charge in [-0.15, -0.1) is 26.7 Å². The Bertz CT molecular complexity index is 2090. The molecular weight excluding hydrogens is 621 g/mol. The molecule has 1 aromatic heterocycles. The second kappa shape index (κ2) is 15.3. The number of ether oxygens (including phenoxy) is 1. The summed E-state index contributed by atoms with van der Waals surface area (Å²) in [4.78, 5) is 16.3. The molecule has 0 radical (unpaired) electrons. The maximum atomic E-state index is 12.0. The molecule has 1 heterocycles. The van der Waals surface area contributed by atoms with Crippen LogP contribution in [0.5, 0.6) is 0 Å². The van der Waals surface area contributed by atoms with Crippen LogP contribution in [0.1, 0.15) is 44.1 Å². The molecule has 1 atom stereocenters. The maximum absolute atomic E-state index is 12.0. The number of benzene rings is 5. The first kappa shape index (κ1) is 32.3. The first-order valence-corrected chi connectivity index (χ1v) is 16.8. The zero-order valence-corrected chi connectivity index (χ0v) is 27.8. The van der Waals surface area contributed by atoms with Crippen molar-refractivity contribution in [3.63, 3.8) is 0 Å². The summed E-state index contributed by atoms with van der Waals surface area (Å²) >= 11 is 1.31. The number of anilines is 3. The van der Waals surface area contributed by atoms with E-state index < -0.39 is 5.97 Å². The van der Waals surface area contributed by atoms with Gasteiger partial charge in [0.05, 0.1) is 35.0 Å². The molecule has 0 spiro atoms. The predicted molar refractivity (Wildman–Crippen MR) is 196 cm³/mol. The van der Waals surface area contributed by atoms with Gasteiger partial charge in [-0.2, -0.15) is 5.11 Å². The van der Waals surface area contributed by atoms with Crippen LogP contribution in [0.2, 0.25) is 0 Å². The molecule has 0 fully saturated rings. The topological polar surface area (TPSA) is 125 Å². The number of nitrogens with zero attached hydrogens (tertiary/aromatic N) is 5. The number of hydrogen-bond donors (Lipinski definition) is 3. The number of carbonyl (C=O) groups excluding carboxylic acids is 1. The molecular formula is C37H36N8O2S. The maximum Gasteiger partial charge on any atom is 0.357 e. The Hall–Kier alpha value is -5.68. The van der Waals surface area contributed by atoms with Crippen LogP contribution < -0.4 is 16.2 Å². The number of rotatable bonds is 13. The van der Waals surface area contributed by atoms with Gasteiger partial charge in [0, 0.05) is 38.7 Å². The molecule has 11 heteroatoms. The average Bonchev–Trinajstić information content (AvgIpc) is 3.61. The minimum Gasteiger partial charge on any atom is -0.461 e. The lowest BCUT2D eigenvalue weighted by atomic mass is 10.1. The zero-order chi connectivity index (χ0) is 33.3. The summed E-state index contributed by atoms with van der Waals surface area (Å²) in [6, 6.07) is 32.0. The van der Waals surface area contributed by atoms with E-state index in [0.29, 0.717) is 23.5 Å². The summed E-state index contributed by atoms with van der Waals surface area (Å²) in [7, 11) is 0. The van der Waals surface area contributed by atoms with Gasteiger partial charge in [0.2, 0.25) is 5.13 Å². The minimum atomic E-state index is -0.424. The monoisotopic (exact) mass is 656 g/mol. The van der Waals surface area contributed by atoms with E-state index in [1.807, 2.05) is 85.8 Å². The van der Waals surface area contributed by atoms with E-state index in [2.05, 4.69) is 73.7 Å². The molecule has 0 aliphatic rings. The molecule has 6 rings (SSSR count). The number of nitrogens with one attached hydrogen (secondary N) is 3. The first-order valence-electron chi connectivity index (χ1n) is 15.9. The fourth-order valence-corrected chi connectivity index (χ4v) is 5.59. The first-order chi connectivity index (χ1) is 23.5. The highest BCUT2D eigenvalue weighted by Crippen LogP contribution is 2.37. The van der Waals surface area contributed by atoms with E-state index in [1.165, 1.54) is 11.3 Å². The molecule has 0 amide bonds. The molecule has 5 aromatic carbocycles. The Morgan fingerprint density at radius 3 is 1.96 bits per heavy atom. The Labute approximate surface area is 283 Å². The van der Waals surface area contributed by atoms with E-state index in [-0.39, 0.29) is 5.69 Å². The molecule has 6 aromatic rings. The predicted octanol–water partition coefficient (Wildman–Crippen LogP) is 11.5. The van der Waals surface area contributed by atoms with Crippen molar-refractivity contribution in [2.24, 2.45) is 20.5 Å². The lowest BCUT2D eigenvalue weighted by molar-refractivity contribution is 0.0499. The smallest absolute Gasteiger partial charge is 0.357 e. The average molecular weight is 657 g/mol. The second-order valence-electron chi connectivity index (χ2n) is 11.2. The number of esters is 1. The van der Waals surface area contributed by atoms with Gasteiger partial charge in [-0.25, -0.2) is 9.78 Å². The number of hydrogen-bond acceptors (Lipinski definition) is 11. The summed E-state index contributed by atoms with van der Waals surface area (Å²) in [5.41, 5.74) is 11.3. The Kier molecular flexibility index (Phi) is 10.3. The summed E-state index contributed by atoms with van der Waals surface area (Å²) in [6.45, 7) is 6.67. The summed E-state index contributed by atoms with van der Waals surface area (Å²) in [6.07, 6.45) is 1.80. The summed E-state index contributed by atoms with van der Waals surface area (Å²) in [5, 5.41) is 28.3. The molecule has 0 saturated carbocycles. The third kappa shape index (κ3) is 7.64. The normalized spacial score (nSPS) is 12.1. The fourth-order valence-electron chi connectivity index (χ4n) is 4.96. The van der Waals surface area contributed by atoms with Gasteiger partial charge in [0.25, 0.3) is 0 Å². The van der Waals surface area contributed by atoms with Crippen LogP contribution in [-0.4, -0.2) is 23.6 Å². The van der Waals surface area contributed by atoms with Gasteiger partial charge < -0.3 is 10.1 Å². The molecule has 3 N–H and O–H groups in total. The summed E-state index contributed by atoms with van der Waals surface area (Å²) in [5.74, 6) is -0.424. The molecule has 0 bridgehead atoms. The van der Waals surface area contributed by atoms with Crippen molar-refractivity contribution in [2.75, 3.05) is 22.8 Å². The minimum absolute atomic E-state index is 0.283. The van der Waals surface area contributed by atoms with Crippen molar-refractivity contribution < 1.29 is 9.53 Å². The summed E-state index contributed by atoms with van der Waals surface area (Å²) < 4.78 is 5.13. The van der Waals surface area contributed by atoms with Crippen molar-refractivity contribution in [1.29, 1.82) is 0 Å². The number of aromatic nitrogens is 1. The third-order valence-electron chi connectivity index (χ3n) is 7.66. The number of carbonyl (C=O) groups is 1. The van der Waals surface area contributed by atoms with Crippen LogP contribution in [0.4, 0.5) is 39.3 Å². The molecule has 48 heavy (non-hydrogen) atoms. The van der Waals surface area contributed by atoms with Crippen LogP contribution in [-0.2, 0) is 4.74 Å². The second-order valence-corrected chi connectivity index (χ2v) is 12.0. The molecule has 1 unspecified atom stereocenters. The Morgan fingerprint density at radius 1 is 0.750 bits per heavy atom. The SMILES string of the molecule is CCCOC(=O)c1csc(NNc2ccc(N=Nc3ccc(N=Nc4ccc(NC(C)CC)c5ccccc45)c4ccccc34)cc2)n1. The third-order valence-corrected chi connectivity index (χ3v) is 8.42. The van der Waals surface area contributed by atoms with Crippen LogP contribution in [0.25, 0.3) is 21.5 Å². The van der Waals surface area contributed by atoms with Crippen molar-refractivity contribution >= 4 is 78.1 Å². The van der Waals surface area contributed by atoms with E-state index in [0.717, 1.165) is 62.8 Å². The van der Waals surface area contributed by atoms with Gasteiger partial charge in [-0.05, 0) is 68.3 Å². The number of fused-ring (bicyclic) bond motifs is 2. The number of thiazole rings is 1. The van der Waals surface area contributed by atoms with Crippen molar-refractivity contribution in [3.8, 4) is 0 Å². The molecule has 0 saturated heterocycles. The quantitative estimate of drug-likeness (QED) is 0.0645. The highest BCUT2D eigenvalue weighted by atomic mass is 32.1. The lowest BCUT2D eigenvalue weighted by Gasteiger charge is -2.15. The van der Waals surface area contributed by atoms with Crippen molar-refractivity contribution in [3.05, 3.63) is 108 Å². The Morgan fingerprint density at radius 2 is 1.33 bits per heavy atom. The van der Waals surface area contributed by atoms with E-state index in [1.54, 1.807) is 5.38 Å². The van der Waals surface area contributed by atoms with E-state index >= 15 is 0 Å². The van der Waals surface area contributed by atoms with Gasteiger partial charge in [0.1, 0.15) is 0 Å². The van der Waals surface area contributed by atoms with Crippen LogP contribution in [0, 0.1) is 0 Å². The lowest BCUT2D eigenvalue weighted by Crippen LogP contribution is -2.13.